The van der Waals surface area contributed by atoms with E-state index in [4.69, 9.17) is 11.6 Å². The second-order valence-corrected chi connectivity index (χ2v) is 5.22. The predicted octanol–water partition coefficient (Wildman–Crippen LogP) is 1.80. The maximum Gasteiger partial charge on any atom is 0.149 e. The van der Waals surface area contributed by atoms with Gasteiger partial charge in [0.25, 0.3) is 0 Å². The van der Waals surface area contributed by atoms with Gasteiger partial charge in [0.15, 0.2) is 0 Å². The van der Waals surface area contributed by atoms with Crippen molar-refractivity contribution in [1.29, 1.82) is 0 Å². The van der Waals surface area contributed by atoms with Gasteiger partial charge in [-0.3, -0.25) is 9.88 Å². The van der Waals surface area contributed by atoms with Crippen molar-refractivity contribution in [3.05, 3.63) is 17.5 Å². The molecule has 5 heteroatoms. The molecule has 0 unspecified atom stereocenters. The topological polar surface area (TPSA) is 32.3 Å². The summed E-state index contributed by atoms with van der Waals surface area (Å²) in [5.41, 5.74) is 0. The minimum Gasteiger partial charge on any atom is -0.352 e. The van der Waals surface area contributed by atoms with Crippen LogP contribution in [0.4, 0.5) is 5.82 Å². The molecule has 3 heterocycles. The number of nitrogens with zero attached hydrogens (tertiary/aromatic N) is 4. The smallest absolute Gasteiger partial charge is 0.149 e. The molecule has 0 radical (unpaired) electrons. The summed E-state index contributed by atoms with van der Waals surface area (Å²) in [5.74, 6) is 0.919. The summed E-state index contributed by atoms with van der Waals surface area (Å²) < 4.78 is 0. The molecule has 0 saturated carbocycles. The molecule has 92 valence electrons. The average molecular weight is 253 g/mol. The first-order chi connectivity index (χ1) is 8.33. The Morgan fingerprint density at radius 1 is 1.18 bits per heavy atom. The number of anilines is 1. The molecule has 2 saturated heterocycles. The van der Waals surface area contributed by atoms with E-state index in [1.807, 2.05) is 6.20 Å². The minimum atomic E-state index is 0.480. The molecule has 0 bridgehead atoms. The molecule has 0 amide bonds. The second-order valence-electron chi connectivity index (χ2n) is 4.83. The number of piperidine rings is 1. The molecule has 1 atom stereocenters. The lowest BCUT2D eigenvalue weighted by atomic mass is 9.99. The standard InChI is InChI=1S/C12H17ClN4/c13-11-7-14-8-12(15-11)17-6-5-16-4-2-1-3-10(16)9-17/h7-8,10H,1-6,9H2/t10-/m0/s1. The van der Waals surface area contributed by atoms with Crippen LogP contribution < -0.4 is 4.90 Å². The number of halogens is 1. The predicted molar refractivity (Wildman–Crippen MR) is 68.5 cm³/mol. The van der Waals surface area contributed by atoms with E-state index in [1.165, 1.54) is 25.8 Å². The van der Waals surface area contributed by atoms with Crippen molar-refractivity contribution in [2.75, 3.05) is 31.1 Å². The third-order valence-corrected chi connectivity index (χ3v) is 3.94. The van der Waals surface area contributed by atoms with E-state index in [1.54, 1.807) is 6.20 Å². The van der Waals surface area contributed by atoms with Crippen molar-refractivity contribution in [3.63, 3.8) is 0 Å². The molecule has 0 N–H and O–H groups in total. The maximum absolute atomic E-state index is 5.89. The van der Waals surface area contributed by atoms with Crippen LogP contribution in [0.5, 0.6) is 0 Å². The van der Waals surface area contributed by atoms with Crippen LogP contribution in [-0.4, -0.2) is 47.1 Å². The van der Waals surface area contributed by atoms with Crippen LogP contribution in [0, 0.1) is 0 Å². The van der Waals surface area contributed by atoms with Crippen molar-refractivity contribution < 1.29 is 0 Å². The van der Waals surface area contributed by atoms with E-state index < -0.39 is 0 Å². The summed E-state index contributed by atoms with van der Waals surface area (Å²) in [6.07, 6.45) is 7.42. The largest absolute Gasteiger partial charge is 0.352 e. The zero-order valence-corrected chi connectivity index (χ0v) is 10.6. The summed E-state index contributed by atoms with van der Waals surface area (Å²) >= 11 is 5.89. The van der Waals surface area contributed by atoms with Crippen molar-refractivity contribution in [3.8, 4) is 0 Å². The molecule has 0 aromatic carbocycles. The number of rotatable bonds is 1. The van der Waals surface area contributed by atoms with Crippen molar-refractivity contribution in [2.45, 2.75) is 25.3 Å². The molecule has 17 heavy (non-hydrogen) atoms. The van der Waals surface area contributed by atoms with Crippen LogP contribution in [-0.2, 0) is 0 Å². The van der Waals surface area contributed by atoms with E-state index in [0.29, 0.717) is 11.2 Å². The molecule has 1 aromatic heterocycles. The summed E-state index contributed by atoms with van der Waals surface area (Å²) in [6.45, 7) is 4.50. The Hall–Kier alpha value is -0.870. The molecule has 2 fully saturated rings. The van der Waals surface area contributed by atoms with Gasteiger partial charge in [-0.2, -0.15) is 0 Å². The Morgan fingerprint density at radius 3 is 3.00 bits per heavy atom. The molecular weight excluding hydrogens is 236 g/mol. The fourth-order valence-electron chi connectivity index (χ4n) is 2.85. The van der Waals surface area contributed by atoms with Crippen LogP contribution in [0.1, 0.15) is 19.3 Å². The van der Waals surface area contributed by atoms with Gasteiger partial charge in [0.2, 0.25) is 0 Å². The van der Waals surface area contributed by atoms with Gasteiger partial charge in [0.05, 0.1) is 12.4 Å². The van der Waals surface area contributed by atoms with Crippen molar-refractivity contribution in [2.24, 2.45) is 0 Å². The zero-order valence-electron chi connectivity index (χ0n) is 9.85. The highest BCUT2D eigenvalue weighted by atomic mass is 35.5. The Bertz CT molecular complexity index is 398. The number of hydrogen-bond acceptors (Lipinski definition) is 4. The first kappa shape index (κ1) is 11.2. The van der Waals surface area contributed by atoms with Gasteiger partial charge in [-0.25, -0.2) is 4.98 Å². The first-order valence-corrected chi connectivity index (χ1v) is 6.67. The molecular formula is C12H17ClN4. The summed E-state index contributed by atoms with van der Waals surface area (Å²) in [7, 11) is 0. The van der Waals surface area contributed by atoms with Crippen LogP contribution in [0.2, 0.25) is 5.15 Å². The SMILES string of the molecule is Clc1cncc(N2CCN3CCCC[C@H]3C2)n1. The van der Waals surface area contributed by atoms with Crippen LogP contribution >= 0.6 is 11.6 Å². The number of hydrogen-bond donors (Lipinski definition) is 0. The lowest BCUT2D eigenvalue weighted by molar-refractivity contribution is 0.133. The third-order valence-electron chi connectivity index (χ3n) is 3.75. The van der Waals surface area contributed by atoms with E-state index in [2.05, 4.69) is 19.8 Å². The van der Waals surface area contributed by atoms with Gasteiger partial charge in [0.1, 0.15) is 11.0 Å². The number of fused-ring (bicyclic) bond motifs is 1. The second kappa shape index (κ2) is 4.78. The van der Waals surface area contributed by atoms with Gasteiger partial charge in [-0.05, 0) is 19.4 Å². The molecule has 0 spiro atoms. The summed E-state index contributed by atoms with van der Waals surface area (Å²) in [4.78, 5) is 13.4. The molecule has 4 nitrogen and oxygen atoms in total. The fourth-order valence-corrected chi connectivity index (χ4v) is 2.99. The average Bonchev–Trinajstić information content (AvgIpc) is 2.38. The normalized spacial score (nSPS) is 25.7. The summed E-state index contributed by atoms with van der Waals surface area (Å²) in [6, 6.07) is 0.693. The van der Waals surface area contributed by atoms with Gasteiger partial charge >= 0.3 is 0 Å². The van der Waals surface area contributed by atoms with Crippen LogP contribution in [0.15, 0.2) is 12.4 Å². The van der Waals surface area contributed by atoms with E-state index in [0.717, 1.165) is 25.5 Å². The van der Waals surface area contributed by atoms with E-state index in [-0.39, 0.29) is 0 Å². The number of piperazine rings is 1. The Morgan fingerprint density at radius 2 is 2.12 bits per heavy atom. The highest BCUT2D eigenvalue weighted by Gasteiger charge is 2.29. The van der Waals surface area contributed by atoms with Gasteiger partial charge in [0, 0.05) is 25.7 Å². The van der Waals surface area contributed by atoms with E-state index >= 15 is 0 Å². The molecule has 2 aliphatic heterocycles. The van der Waals surface area contributed by atoms with Crippen molar-refractivity contribution >= 4 is 17.4 Å². The Labute approximate surface area is 107 Å². The Balaban J connectivity index is 1.73. The quantitative estimate of drug-likeness (QED) is 0.763. The fraction of sp³-hybridized carbons (Fsp3) is 0.667. The highest BCUT2D eigenvalue weighted by Crippen LogP contribution is 2.24. The van der Waals surface area contributed by atoms with Crippen LogP contribution in [0.3, 0.4) is 0 Å². The van der Waals surface area contributed by atoms with Crippen molar-refractivity contribution in [1.82, 2.24) is 14.9 Å². The zero-order chi connectivity index (χ0) is 11.7. The third kappa shape index (κ3) is 2.38. The maximum atomic E-state index is 5.89. The van der Waals surface area contributed by atoms with Crippen LogP contribution in [0.25, 0.3) is 0 Å². The lowest BCUT2D eigenvalue weighted by Gasteiger charge is -2.44. The van der Waals surface area contributed by atoms with E-state index in [9.17, 15) is 0 Å². The molecule has 3 rings (SSSR count). The van der Waals surface area contributed by atoms with Gasteiger partial charge in [-0.15, -0.1) is 0 Å². The van der Waals surface area contributed by atoms with Gasteiger partial charge < -0.3 is 4.90 Å². The Kier molecular flexibility index (Phi) is 3.16. The van der Waals surface area contributed by atoms with Gasteiger partial charge in [-0.1, -0.05) is 18.0 Å². The molecule has 2 aliphatic rings. The summed E-state index contributed by atoms with van der Waals surface area (Å²) in [5, 5.41) is 0.480. The first-order valence-electron chi connectivity index (χ1n) is 6.29. The highest BCUT2D eigenvalue weighted by molar-refractivity contribution is 6.29. The monoisotopic (exact) mass is 252 g/mol. The molecule has 0 aliphatic carbocycles. The number of aromatic nitrogens is 2. The molecule has 1 aromatic rings. The minimum absolute atomic E-state index is 0.480. The lowest BCUT2D eigenvalue weighted by Crippen LogP contribution is -2.55.